The maximum atomic E-state index is 11.4. The lowest BCUT2D eigenvalue weighted by Gasteiger charge is -2.38. The number of hydrogen-bond donors (Lipinski definition) is 1. The van der Waals surface area contributed by atoms with Gasteiger partial charge in [0.1, 0.15) is 0 Å². The van der Waals surface area contributed by atoms with E-state index < -0.39 is 0 Å². The molecule has 1 fully saturated rings. The Bertz CT molecular complexity index is 386. The second-order valence-electron chi connectivity index (χ2n) is 4.87. The number of nitrogens with zero attached hydrogens (tertiary/aromatic N) is 1. The lowest BCUT2D eigenvalue weighted by atomic mass is 9.72. The molecule has 0 radical (unpaired) electrons. The predicted octanol–water partition coefficient (Wildman–Crippen LogP) is 1.66. The Kier molecular flexibility index (Phi) is 4.31. The molecule has 1 unspecified atom stereocenters. The van der Waals surface area contributed by atoms with Crippen molar-refractivity contribution in [2.24, 2.45) is 0 Å². The van der Waals surface area contributed by atoms with Gasteiger partial charge in [-0.25, -0.2) is 0 Å². The molecule has 0 aromatic carbocycles. The van der Waals surface area contributed by atoms with Crippen LogP contribution in [0.4, 0.5) is 0 Å². The summed E-state index contributed by atoms with van der Waals surface area (Å²) >= 11 is 0. The normalized spacial score (nSPS) is 23.6. The van der Waals surface area contributed by atoms with E-state index in [-0.39, 0.29) is 11.4 Å². The van der Waals surface area contributed by atoms with Crippen molar-refractivity contribution in [3.8, 4) is 0 Å². The molecule has 1 N–H and O–H groups in total. The van der Waals surface area contributed by atoms with Crippen molar-refractivity contribution in [1.82, 2.24) is 10.3 Å². The van der Waals surface area contributed by atoms with Crippen molar-refractivity contribution in [2.75, 3.05) is 20.2 Å². The minimum atomic E-state index is -0.131. The summed E-state index contributed by atoms with van der Waals surface area (Å²) in [7, 11) is 1.45. The number of piperidine rings is 1. The Morgan fingerprint density at radius 3 is 2.89 bits per heavy atom. The van der Waals surface area contributed by atoms with Crippen LogP contribution >= 0.6 is 0 Å². The van der Waals surface area contributed by atoms with Crippen LogP contribution in [0.1, 0.15) is 31.2 Å². The summed E-state index contributed by atoms with van der Waals surface area (Å²) in [6.45, 7) is 1.99. The minimum Gasteiger partial charge on any atom is -0.469 e. The fourth-order valence-electron chi connectivity index (χ4n) is 2.72. The average molecular weight is 248 g/mol. The van der Waals surface area contributed by atoms with Gasteiger partial charge in [-0.3, -0.25) is 9.78 Å². The maximum Gasteiger partial charge on any atom is 0.305 e. The predicted molar refractivity (Wildman–Crippen MR) is 69.3 cm³/mol. The van der Waals surface area contributed by atoms with Gasteiger partial charge in [-0.05, 0) is 43.5 Å². The van der Waals surface area contributed by atoms with Crippen LogP contribution in [0.15, 0.2) is 24.5 Å². The zero-order valence-corrected chi connectivity index (χ0v) is 10.8. The Hall–Kier alpha value is -1.42. The van der Waals surface area contributed by atoms with Crippen LogP contribution in [0.2, 0.25) is 0 Å². The molecule has 0 amide bonds. The average Bonchev–Trinajstić information content (AvgIpc) is 2.46. The number of nitrogens with one attached hydrogen (secondary N) is 1. The van der Waals surface area contributed by atoms with Gasteiger partial charge in [0.05, 0.1) is 7.11 Å². The smallest absolute Gasteiger partial charge is 0.305 e. The molecule has 1 aromatic rings. The molecular weight excluding hydrogens is 228 g/mol. The molecular formula is C14H20N2O2. The van der Waals surface area contributed by atoms with Crippen molar-refractivity contribution >= 4 is 5.97 Å². The van der Waals surface area contributed by atoms with Gasteiger partial charge in [-0.15, -0.1) is 0 Å². The van der Waals surface area contributed by atoms with Gasteiger partial charge in [0.15, 0.2) is 0 Å². The largest absolute Gasteiger partial charge is 0.469 e. The lowest BCUT2D eigenvalue weighted by molar-refractivity contribution is -0.141. The van der Waals surface area contributed by atoms with Crippen LogP contribution in [0.25, 0.3) is 0 Å². The molecule has 1 aliphatic rings. The molecule has 1 saturated heterocycles. The first-order valence-corrected chi connectivity index (χ1v) is 6.45. The number of methoxy groups -OCH3 is 1. The SMILES string of the molecule is COC(=O)CCC1(c2ccncc2)CCCNC1. The first-order valence-electron chi connectivity index (χ1n) is 6.45. The highest BCUT2D eigenvalue weighted by Gasteiger charge is 2.34. The van der Waals surface area contributed by atoms with E-state index in [9.17, 15) is 4.79 Å². The zero-order chi connectivity index (χ0) is 12.8. The fraction of sp³-hybridized carbons (Fsp3) is 0.571. The van der Waals surface area contributed by atoms with E-state index in [0.717, 1.165) is 32.4 Å². The van der Waals surface area contributed by atoms with Crippen molar-refractivity contribution in [3.63, 3.8) is 0 Å². The van der Waals surface area contributed by atoms with E-state index in [1.54, 1.807) is 0 Å². The number of ether oxygens (including phenoxy) is 1. The number of carbonyl (C=O) groups is 1. The summed E-state index contributed by atoms with van der Waals surface area (Å²) in [5.41, 5.74) is 1.32. The highest BCUT2D eigenvalue weighted by atomic mass is 16.5. The fourth-order valence-corrected chi connectivity index (χ4v) is 2.72. The molecule has 4 nitrogen and oxygen atoms in total. The standard InChI is InChI=1S/C14H20N2O2/c1-18-13(17)3-7-14(6-2-8-16-11-14)12-4-9-15-10-5-12/h4-5,9-10,16H,2-3,6-8,11H2,1H3. The van der Waals surface area contributed by atoms with Gasteiger partial charge in [-0.2, -0.15) is 0 Å². The second-order valence-corrected chi connectivity index (χ2v) is 4.87. The van der Waals surface area contributed by atoms with Gasteiger partial charge in [-0.1, -0.05) is 0 Å². The third kappa shape index (κ3) is 2.88. The molecule has 0 bridgehead atoms. The summed E-state index contributed by atoms with van der Waals surface area (Å²) in [4.78, 5) is 15.4. The van der Waals surface area contributed by atoms with Crippen molar-refractivity contribution in [3.05, 3.63) is 30.1 Å². The molecule has 98 valence electrons. The number of carbonyl (C=O) groups excluding carboxylic acids is 1. The lowest BCUT2D eigenvalue weighted by Crippen LogP contribution is -2.43. The van der Waals surface area contributed by atoms with Crippen molar-refractivity contribution in [1.29, 1.82) is 0 Å². The molecule has 1 aromatic heterocycles. The van der Waals surface area contributed by atoms with E-state index in [0.29, 0.717) is 6.42 Å². The van der Waals surface area contributed by atoms with E-state index >= 15 is 0 Å². The van der Waals surface area contributed by atoms with E-state index in [1.807, 2.05) is 12.4 Å². The van der Waals surface area contributed by atoms with Crippen LogP contribution in [0, 0.1) is 0 Å². The zero-order valence-electron chi connectivity index (χ0n) is 10.8. The monoisotopic (exact) mass is 248 g/mol. The maximum absolute atomic E-state index is 11.4. The molecule has 2 rings (SSSR count). The Morgan fingerprint density at radius 2 is 2.28 bits per heavy atom. The Labute approximate surface area is 108 Å². The number of aromatic nitrogens is 1. The summed E-state index contributed by atoms with van der Waals surface area (Å²) in [6, 6.07) is 4.12. The van der Waals surface area contributed by atoms with Gasteiger partial charge in [0.25, 0.3) is 0 Å². The van der Waals surface area contributed by atoms with Crippen LogP contribution in [0.5, 0.6) is 0 Å². The summed E-state index contributed by atoms with van der Waals surface area (Å²) in [5, 5.41) is 3.44. The summed E-state index contributed by atoms with van der Waals surface area (Å²) in [6.07, 6.45) is 7.20. The number of rotatable bonds is 4. The van der Waals surface area contributed by atoms with E-state index in [1.165, 1.54) is 12.7 Å². The minimum absolute atomic E-state index is 0.0510. The molecule has 1 aliphatic heterocycles. The second kappa shape index (κ2) is 5.96. The molecule has 0 aliphatic carbocycles. The van der Waals surface area contributed by atoms with Crippen molar-refractivity contribution < 1.29 is 9.53 Å². The van der Waals surface area contributed by atoms with Crippen molar-refractivity contribution in [2.45, 2.75) is 31.1 Å². The molecule has 1 atom stereocenters. The van der Waals surface area contributed by atoms with Crippen LogP contribution < -0.4 is 5.32 Å². The van der Waals surface area contributed by atoms with Crippen LogP contribution in [-0.2, 0) is 14.9 Å². The molecule has 2 heterocycles. The highest BCUT2D eigenvalue weighted by Crippen LogP contribution is 2.35. The van der Waals surface area contributed by atoms with Gasteiger partial charge in [0.2, 0.25) is 0 Å². The number of pyridine rings is 1. The van der Waals surface area contributed by atoms with E-state index in [4.69, 9.17) is 4.74 Å². The highest BCUT2D eigenvalue weighted by molar-refractivity contribution is 5.69. The number of esters is 1. The van der Waals surface area contributed by atoms with Gasteiger partial charge >= 0.3 is 5.97 Å². The first-order chi connectivity index (χ1) is 8.77. The molecule has 0 spiro atoms. The summed E-state index contributed by atoms with van der Waals surface area (Å²) < 4.78 is 4.75. The summed E-state index contributed by atoms with van der Waals surface area (Å²) in [5.74, 6) is -0.131. The van der Waals surface area contributed by atoms with Gasteiger partial charge in [0, 0.05) is 30.8 Å². The Morgan fingerprint density at radius 1 is 1.50 bits per heavy atom. The van der Waals surface area contributed by atoms with Crippen LogP contribution in [-0.4, -0.2) is 31.2 Å². The third-order valence-corrected chi connectivity index (χ3v) is 3.80. The molecule has 18 heavy (non-hydrogen) atoms. The van der Waals surface area contributed by atoms with Gasteiger partial charge < -0.3 is 10.1 Å². The third-order valence-electron chi connectivity index (χ3n) is 3.80. The number of hydrogen-bond acceptors (Lipinski definition) is 4. The molecule has 0 saturated carbocycles. The van der Waals surface area contributed by atoms with Crippen LogP contribution in [0.3, 0.4) is 0 Å². The quantitative estimate of drug-likeness (QED) is 0.823. The topological polar surface area (TPSA) is 51.2 Å². The van der Waals surface area contributed by atoms with E-state index in [2.05, 4.69) is 22.4 Å². The Balaban J connectivity index is 2.15. The molecule has 4 heteroatoms. The first kappa shape index (κ1) is 13.0.